The lowest BCUT2D eigenvalue weighted by molar-refractivity contribution is -0.147. The number of fused-ring (bicyclic) bond motifs is 2. The smallest absolute Gasteiger partial charge is 0.246 e. The quantitative estimate of drug-likeness (QED) is 0.0950. The van der Waals surface area contributed by atoms with Crippen molar-refractivity contribution in [3.63, 3.8) is 0 Å². The summed E-state index contributed by atoms with van der Waals surface area (Å²) in [7, 11) is 1.69. The Bertz CT molecular complexity index is 2300. The summed E-state index contributed by atoms with van der Waals surface area (Å²) in [6, 6.07) is 14.0. The number of nitrogens with zero attached hydrogens (tertiary/aromatic N) is 3. The highest BCUT2D eigenvalue weighted by molar-refractivity contribution is 7.14. The minimum Gasteiger partial charge on any atom is -0.491 e. The number of carbonyl (C=O) groups excluding carboxylic acids is 3. The summed E-state index contributed by atoms with van der Waals surface area (Å²) in [5.41, 5.74) is 4.32. The molecule has 1 saturated heterocycles. The second kappa shape index (κ2) is 22.5. The first-order chi connectivity index (χ1) is 31.8. The lowest BCUT2D eigenvalue weighted by Crippen LogP contribution is -2.62. The van der Waals surface area contributed by atoms with Crippen molar-refractivity contribution in [3.05, 3.63) is 93.9 Å². The van der Waals surface area contributed by atoms with Crippen molar-refractivity contribution in [1.82, 2.24) is 25.8 Å². The van der Waals surface area contributed by atoms with Crippen molar-refractivity contribution in [3.8, 4) is 22.8 Å². The van der Waals surface area contributed by atoms with Gasteiger partial charge in [-0.2, -0.15) is 4.39 Å². The number of benzene rings is 3. The van der Waals surface area contributed by atoms with E-state index in [0.717, 1.165) is 47.2 Å². The van der Waals surface area contributed by atoms with Crippen LogP contribution in [0.2, 0.25) is 0 Å². The molecular weight excluding hydrogens is 871 g/mol. The van der Waals surface area contributed by atoms with E-state index in [1.165, 1.54) is 23.0 Å². The Kier molecular flexibility index (Phi) is 16.6. The SMILES string of the molecule is CNC(C)C(=O)NC(C(=O)N1Cc2cc(OCCOCCOCCOc3c(-c4csc(N5CCOCC5)n4)ccc(F)c3F)ccc2C[C@H]1C(=O)N[C@@H]1CCCc2ccccc21)C(C)(C)C. The van der Waals surface area contributed by atoms with Gasteiger partial charge in [-0.15, -0.1) is 11.3 Å². The summed E-state index contributed by atoms with van der Waals surface area (Å²) in [4.78, 5) is 50.5. The van der Waals surface area contributed by atoms with Gasteiger partial charge in [0.05, 0.1) is 57.4 Å². The monoisotopic (exact) mass is 932 g/mol. The molecule has 14 nitrogen and oxygen atoms in total. The Hall–Kier alpha value is -5.20. The fourth-order valence-electron chi connectivity index (χ4n) is 8.41. The van der Waals surface area contributed by atoms with Crippen LogP contribution in [-0.2, 0) is 48.0 Å². The molecule has 66 heavy (non-hydrogen) atoms. The maximum atomic E-state index is 14.9. The first kappa shape index (κ1) is 48.7. The van der Waals surface area contributed by atoms with Gasteiger partial charge in [-0.05, 0) is 85.2 Å². The fourth-order valence-corrected chi connectivity index (χ4v) is 9.29. The number of ether oxygens (including phenoxy) is 5. The molecule has 3 heterocycles. The summed E-state index contributed by atoms with van der Waals surface area (Å²) < 4.78 is 57.7. The minimum atomic E-state index is -1.08. The molecule has 0 spiro atoms. The van der Waals surface area contributed by atoms with Crippen molar-refractivity contribution >= 4 is 34.2 Å². The Morgan fingerprint density at radius 1 is 0.924 bits per heavy atom. The van der Waals surface area contributed by atoms with Gasteiger partial charge in [0.25, 0.3) is 0 Å². The summed E-state index contributed by atoms with van der Waals surface area (Å²) >= 11 is 1.43. The van der Waals surface area contributed by atoms with E-state index in [2.05, 4.69) is 38.0 Å². The number of halogens is 2. The van der Waals surface area contributed by atoms with Gasteiger partial charge in [0.1, 0.15) is 31.0 Å². The van der Waals surface area contributed by atoms with Gasteiger partial charge in [0.15, 0.2) is 16.7 Å². The molecule has 3 aromatic carbocycles. The van der Waals surface area contributed by atoms with Crippen LogP contribution in [0.1, 0.15) is 68.8 Å². The first-order valence-electron chi connectivity index (χ1n) is 22.8. The van der Waals surface area contributed by atoms with Crippen LogP contribution in [0.5, 0.6) is 11.5 Å². The number of thiazole rings is 1. The summed E-state index contributed by atoms with van der Waals surface area (Å²) in [5, 5.41) is 11.8. The van der Waals surface area contributed by atoms with Crippen LogP contribution in [0.15, 0.2) is 60.0 Å². The zero-order chi connectivity index (χ0) is 46.8. The molecule has 4 aromatic rings. The lowest BCUT2D eigenvalue weighted by Gasteiger charge is -2.41. The summed E-state index contributed by atoms with van der Waals surface area (Å²) in [6.07, 6.45) is 3.02. The Balaban J connectivity index is 0.912. The molecule has 3 N–H and O–H groups in total. The predicted molar refractivity (Wildman–Crippen MR) is 248 cm³/mol. The average Bonchev–Trinajstić information content (AvgIpc) is 3.82. The number of hydrogen-bond donors (Lipinski definition) is 3. The standard InChI is InChI=1S/C49H62F2N6O8S/c1-31(52-5)45(58)55-44(49(2,3)4)47(60)57-29-34-27-35(14-13-33(34)28-41(57)46(59)53-39-12-8-10-32-9-6-7-11-36(32)39)64-25-23-62-21-22-63-24-26-65-43-37(15-16-38(50)42(43)51)40-30-66-48(54-40)56-17-19-61-20-18-56/h6-7,9,11,13-16,27,30-31,39,41,44,52H,8,10,12,17-26,28-29H2,1-5H3,(H,53,59)(H,55,58)/t31?,39-,41+,44?/m1/s1. The molecule has 2 aliphatic heterocycles. The normalized spacial score (nSPS) is 18.2. The number of aryl methyl sites for hydroxylation is 1. The van der Waals surface area contributed by atoms with E-state index in [-0.39, 0.29) is 75.7 Å². The topological polar surface area (TPSA) is 153 Å². The highest BCUT2D eigenvalue weighted by Crippen LogP contribution is 2.37. The van der Waals surface area contributed by atoms with Crippen LogP contribution in [0, 0.1) is 17.0 Å². The zero-order valence-corrected chi connectivity index (χ0v) is 39.3. The van der Waals surface area contributed by atoms with Crippen molar-refractivity contribution in [2.45, 2.75) is 84.1 Å². The molecule has 1 aliphatic carbocycles. The molecular formula is C49H62F2N6O8S. The second-order valence-corrected chi connectivity index (χ2v) is 18.7. The predicted octanol–water partition coefficient (Wildman–Crippen LogP) is 6.00. The maximum absolute atomic E-state index is 14.9. The number of nitrogens with one attached hydrogen (secondary N) is 3. The Morgan fingerprint density at radius 2 is 1.65 bits per heavy atom. The number of aromatic nitrogens is 1. The van der Waals surface area contributed by atoms with Crippen molar-refractivity contribution in [2.24, 2.45) is 5.41 Å². The molecule has 1 aromatic heterocycles. The third-order valence-corrected chi connectivity index (χ3v) is 13.1. The van der Waals surface area contributed by atoms with Crippen LogP contribution in [0.25, 0.3) is 11.3 Å². The highest BCUT2D eigenvalue weighted by Gasteiger charge is 2.43. The van der Waals surface area contributed by atoms with Gasteiger partial charge in [-0.3, -0.25) is 14.4 Å². The number of likely N-dealkylation sites (N-methyl/N-ethyl adjacent to an activating group) is 1. The van der Waals surface area contributed by atoms with Gasteiger partial charge in [-0.25, -0.2) is 9.37 Å². The highest BCUT2D eigenvalue weighted by atomic mass is 32.1. The number of hydrogen-bond acceptors (Lipinski definition) is 12. The minimum absolute atomic E-state index is 0.0141. The van der Waals surface area contributed by atoms with E-state index >= 15 is 0 Å². The van der Waals surface area contributed by atoms with E-state index in [4.69, 9.17) is 23.7 Å². The molecule has 2 unspecified atom stereocenters. The molecule has 3 aliphatic rings. The Morgan fingerprint density at radius 3 is 2.39 bits per heavy atom. The van der Waals surface area contributed by atoms with Crippen LogP contribution < -0.4 is 30.3 Å². The molecule has 1 fully saturated rings. The third kappa shape index (κ3) is 12.0. The van der Waals surface area contributed by atoms with Crippen LogP contribution in [-0.4, -0.2) is 119 Å². The molecule has 4 atom stereocenters. The average molecular weight is 933 g/mol. The summed E-state index contributed by atoms with van der Waals surface area (Å²) in [6.45, 7) is 11.3. The molecule has 356 valence electrons. The van der Waals surface area contributed by atoms with Crippen molar-refractivity contribution in [1.29, 1.82) is 0 Å². The number of morpholine rings is 1. The third-order valence-electron chi connectivity index (χ3n) is 12.2. The summed E-state index contributed by atoms with van der Waals surface area (Å²) in [5.74, 6) is -2.58. The number of amides is 3. The number of anilines is 1. The van der Waals surface area contributed by atoms with Crippen molar-refractivity contribution < 1.29 is 46.8 Å². The van der Waals surface area contributed by atoms with E-state index in [9.17, 15) is 23.2 Å². The van der Waals surface area contributed by atoms with Gasteiger partial charge in [0, 0.05) is 37.0 Å². The fraction of sp³-hybridized carbons (Fsp3) is 0.510. The second-order valence-electron chi connectivity index (χ2n) is 17.9. The molecule has 0 saturated carbocycles. The maximum Gasteiger partial charge on any atom is 0.246 e. The van der Waals surface area contributed by atoms with Gasteiger partial charge in [-0.1, -0.05) is 51.1 Å². The van der Waals surface area contributed by atoms with Crippen LogP contribution >= 0.6 is 11.3 Å². The van der Waals surface area contributed by atoms with Gasteiger partial charge < -0.3 is 49.4 Å². The van der Waals surface area contributed by atoms with Crippen molar-refractivity contribution in [2.75, 3.05) is 77.9 Å². The zero-order valence-electron chi connectivity index (χ0n) is 38.5. The lowest BCUT2D eigenvalue weighted by atomic mass is 9.83. The molecule has 0 bridgehead atoms. The van der Waals surface area contributed by atoms with E-state index in [0.29, 0.717) is 49.7 Å². The molecule has 17 heteroatoms. The van der Waals surface area contributed by atoms with E-state index < -0.39 is 35.2 Å². The number of rotatable bonds is 19. The molecule has 3 amide bonds. The molecule has 7 rings (SSSR count). The molecule has 0 radical (unpaired) electrons. The first-order valence-corrected chi connectivity index (χ1v) is 23.7. The van der Waals surface area contributed by atoms with E-state index in [1.807, 2.05) is 51.1 Å². The van der Waals surface area contributed by atoms with Gasteiger partial charge in [0.2, 0.25) is 23.5 Å². The van der Waals surface area contributed by atoms with E-state index in [1.54, 1.807) is 24.3 Å². The Labute approximate surface area is 389 Å². The number of carbonyl (C=O) groups is 3. The van der Waals surface area contributed by atoms with Crippen LogP contribution in [0.4, 0.5) is 13.9 Å². The van der Waals surface area contributed by atoms with Crippen LogP contribution in [0.3, 0.4) is 0 Å². The van der Waals surface area contributed by atoms with Gasteiger partial charge >= 0.3 is 0 Å². The largest absolute Gasteiger partial charge is 0.491 e.